The molecule has 1 aromatic heterocycles. The zero-order valence-corrected chi connectivity index (χ0v) is 9.94. The summed E-state index contributed by atoms with van der Waals surface area (Å²) < 4.78 is 39.3. The van der Waals surface area contributed by atoms with Crippen LogP contribution in [0.3, 0.4) is 0 Å². The highest BCUT2D eigenvalue weighted by Gasteiger charge is 2.30. The van der Waals surface area contributed by atoms with E-state index in [0.717, 1.165) is 12.1 Å². The van der Waals surface area contributed by atoms with E-state index in [1.807, 2.05) is 13.8 Å². The number of halogens is 3. The molecule has 3 nitrogen and oxygen atoms in total. The smallest absolute Gasteiger partial charge is 0.250 e. The van der Waals surface area contributed by atoms with E-state index < -0.39 is 11.7 Å². The highest BCUT2D eigenvalue weighted by molar-refractivity contribution is 5.55. The number of hydrogen-bond donors (Lipinski definition) is 0. The number of nitrogens with zero attached hydrogens (tertiary/aromatic N) is 3. The van der Waals surface area contributed by atoms with Gasteiger partial charge in [-0.2, -0.15) is 18.3 Å². The predicted molar refractivity (Wildman–Crippen MR) is 60.8 cm³/mol. The molecule has 0 aliphatic heterocycles. The first kappa shape index (κ1) is 12.6. The fourth-order valence-corrected chi connectivity index (χ4v) is 1.49. The maximum atomic E-state index is 12.6. The molecular formula is C12H12F3N3. The quantitative estimate of drug-likeness (QED) is 0.821. The first-order valence-electron chi connectivity index (χ1n) is 5.46. The van der Waals surface area contributed by atoms with Gasteiger partial charge in [-0.05, 0) is 26.0 Å². The Bertz CT molecular complexity index is 543. The summed E-state index contributed by atoms with van der Waals surface area (Å²) in [6.45, 7) is 3.84. The molecule has 2 rings (SSSR count). The molecule has 0 fully saturated rings. The fraction of sp³-hybridized carbons (Fsp3) is 0.333. The summed E-state index contributed by atoms with van der Waals surface area (Å²) in [6.07, 6.45) is -2.84. The molecule has 0 saturated carbocycles. The second kappa shape index (κ2) is 4.44. The first-order valence-corrected chi connectivity index (χ1v) is 5.46. The summed E-state index contributed by atoms with van der Waals surface area (Å²) in [4.78, 5) is 4.02. The van der Waals surface area contributed by atoms with Crippen molar-refractivity contribution in [1.82, 2.24) is 14.8 Å². The third-order valence-electron chi connectivity index (χ3n) is 2.49. The zero-order chi connectivity index (χ0) is 13.3. The van der Waals surface area contributed by atoms with Crippen molar-refractivity contribution in [2.45, 2.75) is 26.1 Å². The number of hydrogen-bond acceptors (Lipinski definition) is 2. The highest BCUT2D eigenvalue weighted by atomic mass is 19.4. The van der Waals surface area contributed by atoms with E-state index in [9.17, 15) is 13.2 Å². The highest BCUT2D eigenvalue weighted by Crippen LogP contribution is 2.31. The van der Waals surface area contributed by atoms with Gasteiger partial charge >= 0.3 is 6.18 Å². The minimum absolute atomic E-state index is 0.122. The molecule has 0 atom stereocenters. The van der Waals surface area contributed by atoms with E-state index in [2.05, 4.69) is 10.1 Å². The van der Waals surface area contributed by atoms with Crippen LogP contribution in [-0.4, -0.2) is 14.8 Å². The predicted octanol–water partition coefficient (Wildman–Crippen LogP) is 3.54. The van der Waals surface area contributed by atoms with Gasteiger partial charge in [-0.25, -0.2) is 9.67 Å². The fourth-order valence-electron chi connectivity index (χ4n) is 1.49. The molecule has 18 heavy (non-hydrogen) atoms. The van der Waals surface area contributed by atoms with Gasteiger partial charge < -0.3 is 0 Å². The van der Waals surface area contributed by atoms with E-state index >= 15 is 0 Å². The Labute approximate surface area is 102 Å². The minimum atomic E-state index is -4.35. The van der Waals surface area contributed by atoms with Crippen molar-refractivity contribution in [3.63, 3.8) is 0 Å². The normalized spacial score (nSPS) is 12.1. The molecule has 1 heterocycles. The van der Waals surface area contributed by atoms with Crippen molar-refractivity contribution in [2.75, 3.05) is 0 Å². The van der Waals surface area contributed by atoms with Crippen LogP contribution in [0.25, 0.3) is 11.4 Å². The molecule has 0 aliphatic carbocycles. The van der Waals surface area contributed by atoms with Crippen LogP contribution in [0.4, 0.5) is 13.2 Å². The maximum absolute atomic E-state index is 12.6. The van der Waals surface area contributed by atoms with Gasteiger partial charge in [0.2, 0.25) is 0 Å². The Morgan fingerprint density at radius 1 is 1.22 bits per heavy atom. The number of rotatable bonds is 2. The van der Waals surface area contributed by atoms with Gasteiger partial charge in [0.15, 0.2) is 5.82 Å². The molecule has 0 bridgehead atoms. The van der Waals surface area contributed by atoms with E-state index in [-0.39, 0.29) is 6.04 Å². The van der Waals surface area contributed by atoms with Gasteiger partial charge in [0.05, 0.1) is 5.56 Å². The average molecular weight is 255 g/mol. The number of benzene rings is 1. The monoisotopic (exact) mass is 255 g/mol. The van der Waals surface area contributed by atoms with Gasteiger partial charge in [0.25, 0.3) is 0 Å². The number of alkyl halides is 3. The summed E-state index contributed by atoms with van der Waals surface area (Å²) >= 11 is 0. The molecule has 0 amide bonds. The molecule has 6 heteroatoms. The molecule has 0 unspecified atom stereocenters. The van der Waals surface area contributed by atoms with Crippen molar-refractivity contribution in [3.05, 3.63) is 36.2 Å². The molecule has 2 aromatic rings. The van der Waals surface area contributed by atoms with E-state index in [1.54, 1.807) is 10.7 Å². The Kier molecular flexibility index (Phi) is 3.11. The second-order valence-corrected chi connectivity index (χ2v) is 4.22. The van der Waals surface area contributed by atoms with Crippen LogP contribution < -0.4 is 0 Å². The summed E-state index contributed by atoms with van der Waals surface area (Å²) in [5.74, 6) is 0.301. The first-order chi connectivity index (χ1) is 8.38. The van der Waals surface area contributed by atoms with Crippen LogP contribution in [0.1, 0.15) is 25.5 Å². The zero-order valence-electron chi connectivity index (χ0n) is 9.94. The van der Waals surface area contributed by atoms with Crippen LogP contribution in [0.2, 0.25) is 0 Å². The Hall–Kier alpha value is -1.85. The molecule has 0 N–H and O–H groups in total. The molecule has 1 aromatic carbocycles. The van der Waals surface area contributed by atoms with Crippen molar-refractivity contribution >= 4 is 0 Å². The van der Waals surface area contributed by atoms with Gasteiger partial charge in [-0.3, -0.25) is 0 Å². The van der Waals surface area contributed by atoms with Crippen LogP contribution in [0, 0.1) is 0 Å². The van der Waals surface area contributed by atoms with Crippen molar-refractivity contribution in [1.29, 1.82) is 0 Å². The topological polar surface area (TPSA) is 30.7 Å². The lowest BCUT2D eigenvalue weighted by Crippen LogP contribution is -2.05. The summed E-state index contributed by atoms with van der Waals surface area (Å²) in [5.41, 5.74) is -0.329. The van der Waals surface area contributed by atoms with Crippen LogP contribution in [0.5, 0.6) is 0 Å². The van der Waals surface area contributed by atoms with Gasteiger partial charge in [-0.15, -0.1) is 0 Å². The molecular weight excluding hydrogens is 243 g/mol. The lowest BCUT2D eigenvalue weighted by molar-refractivity contribution is -0.137. The van der Waals surface area contributed by atoms with Crippen LogP contribution in [0.15, 0.2) is 30.6 Å². The Morgan fingerprint density at radius 2 is 1.94 bits per heavy atom. The second-order valence-electron chi connectivity index (χ2n) is 4.22. The van der Waals surface area contributed by atoms with Crippen molar-refractivity contribution < 1.29 is 13.2 Å². The van der Waals surface area contributed by atoms with Crippen molar-refractivity contribution in [3.8, 4) is 11.4 Å². The minimum Gasteiger partial charge on any atom is -0.250 e. The maximum Gasteiger partial charge on any atom is 0.416 e. The Morgan fingerprint density at radius 3 is 2.50 bits per heavy atom. The molecule has 0 radical (unpaired) electrons. The molecule has 0 saturated heterocycles. The lowest BCUT2D eigenvalue weighted by atomic mass is 10.1. The van der Waals surface area contributed by atoms with Gasteiger partial charge in [0.1, 0.15) is 6.33 Å². The third-order valence-corrected chi connectivity index (χ3v) is 2.49. The largest absolute Gasteiger partial charge is 0.416 e. The SMILES string of the molecule is CC(C)n1cnc(-c2cccc(C(F)(F)F)c2)n1. The molecule has 96 valence electrons. The van der Waals surface area contributed by atoms with Crippen molar-refractivity contribution in [2.24, 2.45) is 0 Å². The lowest BCUT2D eigenvalue weighted by Gasteiger charge is -2.07. The van der Waals surface area contributed by atoms with E-state index in [0.29, 0.717) is 11.4 Å². The molecule has 0 aliphatic rings. The standard InChI is InChI=1S/C12H12F3N3/c1-8(2)18-7-16-11(17-18)9-4-3-5-10(6-9)12(13,14)15/h3-8H,1-2H3. The number of aromatic nitrogens is 3. The average Bonchev–Trinajstić information content (AvgIpc) is 2.77. The summed E-state index contributed by atoms with van der Waals surface area (Å²) in [7, 11) is 0. The van der Waals surface area contributed by atoms with Gasteiger partial charge in [-0.1, -0.05) is 12.1 Å². The molecule has 0 spiro atoms. The van der Waals surface area contributed by atoms with Crippen LogP contribution >= 0.6 is 0 Å². The third kappa shape index (κ3) is 2.52. The van der Waals surface area contributed by atoms with E-state index in [4.69, 9.17) is 0 Å². The van der Waals surface area contributed by atoms with Gasteiger partial charge in [0, 0.05) is 11.6 Å². The van der Waals surface area contributed by atoms with Crippen LogP contribution in [-0.2, 0) is 6.18 Å². The summed E-state index contributed by atoms with van der Waals surface area (Å²) in [6, 6.07) is 5.13. The Balaban J connectivity index is 2.38. The van der Waals surface area contributed by atoms with E-state index in [1.165, 1.54) is 12.4 Å². The summed E-state index contributed by atoms with van der Waals surface area (Å²) in [5, 5.41) is 4.14.